The molecule has 0 bridgehead atoms. The second-order valence-electron chi connectivity index (χ2n) is 5.32. The summed E-state index contributed by atoms with van der Waals surface area (Å²) >= 11 is 0. The number of imidazole rings is 1. The van der Waals surface area contributed by atoms with E-state index < -0.39 is 0 Å². The first-order valence-electron chi connectivity index (χ1n) is 7.57. The average molecular weight is 334 g/mol. The van der Waals surface area contributed by atoms with Crippen LogP contribution in [0.1, 0.15) is 10.6 Å². The van der Waals surface area contributed by atoms with Crippen LogP contribution in [0.3, 0.4) is 0 Å². The van der Waals surface area contributed by atoms with Gasteiger partial charge in [0.15, 0.2) is 17.1 Å². The minimum atomic E-state index is -0.351. The first-order chi connectivity index (χ1) is 12.2. The number of carbonyl (C=O) groups excluding carboxylic acids is 1. The van der Waals surface area contributed by atoms with Crippen molar-refractivity contribution in [2.45, 2.75) is 0 Å². The molecule has 0 unspecified atom stereocenters. The summed E-state index contributed by atoms with van der Waals surface area (Å²) in [6.45, 7) is 0. The number of ether oxygens (including phenoxy) is 1. The fourth-order valence-corrected chi connectivity index (χ4v) is 2.51. The van der Waals surface area contributed by atoms with Gasteiger partial charge in [0.25, 0.3) is 5.91 Å². The molecule has 0 radical (unpaired) electrons. The van der Waals surface area contributed by atoms with E-state index in [1.807, 2.05) is 12.1 Å². The number of amides is 1. The highest BCUT2D eigenvalue weighted by Gasteiger charge is 2.15. The summed E-state index contributed by atoms with van der Waals surface area (Å²) in [5, 5.41) is 3.57. The third-order valence-corrected chi connectivity index (χ3v) is 3.73. The number of para-hydroxylation sites is 1. The standard InChI is InChI=1S/C18H14N4O3/c1-24-14-4-2-3-12-9-15(25-17(12)14)18(23)21-13-5-6-16(20-10-13)22-8-7-19-11-22/h2-11H,1H3,(H,21,23). The summed E-state index contributed by atoms with van der Waals surface area (Å²) in [6.07, 6.45) is 6.70. The van der Waals surface area contributed by atoms with Crippen molar-refractivity contribution in [2.75, 3.05) is 12.4 Å². The van der Waals surface area contributed by atoms with Crippen LogP contribution in [-0.4, -0.2) is 27.6 Å². The number of furan rings is 1. The van der Waals surface area contributed by atoms with Gasteiger partial charge in [-0.05, 0) is 24.3 Å². The van der Waals surface area contributed by atoms with Gasteiger partial charge in [0, 0.05) is 17.8 Å². The molecule has 0 saturated carbocycles. The number of pyridine rings is 1. The summed E-state index contributed by atoms with van der Waals surface area (Å²) in [4.78, 5) is 20.7. The second kappa shape index (κ2) is 6.12. The van der Waals surface area contributed by atoms with Crippen molar-refractivity contribution in [1.29, 1.82) is 0 Å². The molecule has 0 atom stereocenters. The number of nitrogens with zero attached hydrogens (tertiary/aromatic N) is 3. The number of nitrogens with one attached hydrogen (secondary N) is 1. The first-order valence-corrected chi connectivity index (χ1v) is 7.57. The minimum absolute atomic E-state index is 0.207. The molecule has 7 heteroatoms. The maximum atomic E-state index is 12.4. The van der Waals surface area contributed by atoms with Gasteiger partial charge in [0.1, 0.15) is 12.1 Å². The van der Waals surface area contributed by atoms with Gasteiger partial charge in [-0.15, -0.1) is 0 Å². The number of fused-ring (bicyclic) bond motifs is 1. The molecule has 1 N–H and O–H groups in total. The lowest BCUT2D eigenvalue weighted by Gasteiger charge is -2.05. The Labute approximate surface area is 142 Å². The molecule has 3 heterocycles. The van der Waals surface area contributed by atoms with Gasteiger partial charge < -0.3 is 14.5 Å². The molecule has 7 nitrogen and oxygen atoms in total. The Bertz CT molecular complexity index is 1020. The zero-order valence-corrected chi connectivity index (χ0v) is 13.3. The van der Waals surface area contributed by atoms with E-state index in [-0.39, 0.29) is 11.7 Å². The molecule has 25 heavy (non-hydrogen) atoms. The highest BCUT2D eigenvalue weighted by Crippen LogP contribution is 2.28. The number of hydrogen-bond donors (Lipinski definition) is 1. The number of carbonyl (C=O) groups is 1. The van der Waals surface area contributed by atoms with E-state index >= 15 is 0 Å². The molecular weight excluding hydrogens is 320 g/mol. The smallest absolute Gasteiger partial charge is 0.291 e. The summed E-state index contributed by atoms with van der Waals surface area (Å²) in [7, 11) is 1.56. The number of methoxy groups -OCH3 is 1. The Morgan fingerprint density at radius 3 is 2.92 bits per heavy atom. The van der Waals surface area contributed by atoms with Crippen LogP contribution in [0.4, 0.5) is 5.69 Å². The van der Waals surface area contributed by atoms with Gasteiger partial charge in [-0.2, -0.15) is 0 Å². The molecule has 4 aromatic rings. The van der Waals surface area contributed by atoms with Crippen LogP contribution in [0.2, 0.25) is 0 Å². The summed E-state index contributed by atoms with van der Waals surface area (Å²) in [5.41, 5.74) is 1.12. The molecule has 0 aliphatic heterocycles. The lowest BCUT2D eigenvalue weighted by atomic mass is 10.2. The number of hydrogen-bond acceptors (Lipinski definition) is 5. The zero-order valence-electron chi connectivity index (χ0n) is 13.3. The van der Waals surface area contributed by atoms with Crippen LogP contribution in [0.5, 0.6) is 5.75 Å². The predicted molar refractivity (Wildman–Crippen MR) is 92.1 cm³/mol. The normalized spacial score (nSPS) is 10.8. The average Bonchev–Trinajstić information content (AvgIpc) is 3.31. The van der Waals surface area contributed by atoms with E-state index in [4.69, 9.17) is 9.15 Å². The summed E-state index contributed by atoms with van der Waals surface area (Å²) < 4.78 is 12.7. The van der Waals surface area contributed by atoms with Crippen molar-refractivity contribution in [3.63, 3.8) is 0 Å². The van der Waals surface area contributed by atoms with Gasteiger partial charge >= 0.3 is 0 Å². The molecular formula is C18H14N4O3. The van der Waals surface area contributed by atoms with E-state index in [0.717, 1.165) is 5.39 Å². The van der Waals surface area contributed by atoms with Gasteiger partial charge in [-0.3, -0.25) is 9.36 Å². The van der Waals surface area contributed by atoms with Gasteiger partial charge in [-0.1, -0.05) is 12.1 Å². The molecule has 1 amide bonds. The third kappa shape index (κ3) is 2.83. The van der Waals surface area contributed by atoms with Crippen LogP contribution >= 0.6 is 0 Å². The zero-order chi connectivity index (χ0) is 17.2. The molecule has 1 aromatic carbocycles. The molecule has 0 aliphatic rings. The molecule has 4 rings (SSSR count). The van der Waals surface area contributed by atoms with E-state index in [9.17, 15) is 4.79 Å². The SMILES string of the molecule is COc1cccc2cc(C(=O)Nc3ccc(-n4ccnc4)nc3)oc12. The Morgan fingerprint density at radius 2 is 2.20 bits per heavy atom. The first kappa shape index (κ1) is 14.9. The van der Waals surface area contributed by atoms with E-state index in [1.165, 1.54) is 0 Å². The highest BCUT2D eigenvalue weighted by atomic mass is 16.5. The Hall–Kier alpha value is -3.61. The van der Waals surface area contributed by atoms with Crippen molar-refractivity contribution < 1.29 is 13.9 Å². The molecule has 0 fully saturated rings. The monoisotopic (exact) mass is 334 g/mol. The molecule has 0 aliphatic carbocycles. The Balaban J connectivity index is 1.56. The second-order valence-corrected chi connectivity index (χ2v) is 5.32. The van der Waals surface area contributed by atoms with Gasteiger partial charge in [0.2, 0.25) is 0 Å². The summed E-state index contributed by atoms with van der Waals surface area (Å²) in [6, 6.07) is 10.7. The van der Waals surface area contributed by atoms with E-state index in [2.05, 4.69) is 15.3 Å². The van der Waals surface area contributed by atoms with Gasteiger partial charge in [-0.25, -0.2) is 9.97 Å². The van der Waals surface area contributed by atoms with Crippen LogP contribution in [0.15, 0.2) is 65.7 Å². The molecule has 0 spiro atoms. The van der Waals surface area contributed by atoms with Crippen molar-refractivity contribution in [2.24, 2.45) is 0 Å². The maximum absolute atomic E-state index is 12.4. The van der Waals surface area contributed by atoms with Crippen molar-refractivity contribution in [1.82, 2.24) is 14.5 Å². The topological polar surface area (TPSA) is 82.2 Å². The highest BCUT2D eigenvalue weighted by molar-refractivity contribution is 6.05. The van der Waals surface area contributed by atoms with E-state index in [1.54, 1.807) is 60.9 Å². The summed E-state index contributed by atoms with van der Waals surface area (Å²) in [5.74, 6) is 1.15. The molecule has 0 saturated heterocycles. The quantitative estimate of drug-likeness (QED) is 0.619. The number of benzene rings is 1. The lowest BCUT2D eigenvalue weighted by Crippen LogP contribution is -2.11. The number of rotatable bonds is 4. The molecule has 3 aromatic heterocycles. The Kier molecular flexibility index (Phi) is 3.66. The lowest BCUT2D eigenvalue weighted by molar-refractivity contribution is 0.0998. The fraction of sp³-hybridized carbons (Fsp3) is 0.0556. The van der Waals surface area contributed by atoms with Crippen molar-refractivity contribution in [3.8, 4) is 11.6 Å². The van der Waals surface area contributed by atoms with Crippen molar-refractivity contribution in [3.05, 3.63) is 67.1 Å². The van der Waals surface area contributed by atoms with Crippen LogP contribution in [0, 0.1) is 0 Å². The minimum Gasteiger partial charge on any atom is -0.493 e. The molecule has 124 valence electrons. The largest absolute Gasteiger partial charge is 0.493 e. The number of aromatic nitrogens is 3. The predicted octanol–water partition coefficient (Wildman–Crippen LogP) is 3.27. The third-order valence-electron chi connectivity index (χ3n) is 3.73. The van der Waals surface area contributed by atoms with Crippen LogP contribution < -0.4 is 10.1 Å². The van der Waals surface area contributed by atoms with Crippen LogP contribution in [0.25, 0.3) is 16.8 Å². The fourth-order valence-electron chi connectivity index (χ4n) is 2.51. The van der Waals surface area contributed by atoms with Crippen LogP contribution in [-0.2, 0) is 0 Å². The Morgan fingerprint density at radius 1 is 1.28 bits per heavy atom. The maximum Gasteiger partial charge on any atom is 0.291 e. The van der Waals surface area contributed by atoms with E-state index in [0.29, 0.717) is 22.8 Å². The number of anilines is 1. The van der Waals surface area contributed by atoms with Crippen molar-refractivity contribution >= 4 is 22.6 Å². The van der Waals surface area contributed by atoms with Gasteiger partial charge in [0.05, 0.1) is 19.0 Å².